The van der Waals surface area contributed by atoms with Crippen LogP contribution >= 0.6 is 0 Å². The Hall–Kier alpha value is -0.940. The first-order valence-corrected chi connectivity index (χ1v) is 8.43. The number of hydrogen-bond donors (Lipinski definition) is 1. The second kappa shape index (κ2) is 7.90. The Morgan fingerprint density at radius 2 is 2.24 bits per heavy atom. The normalized spacial score (nSPS) is 24.1. The Morgan fingerprint density at radius 3 is 2.90 bits per heavy atom. The largest absolute Gasteiger partial charge is 0.374 e. The molecule has 0 amide bonds. The molecule has 1 N–H and O–H groups in total. The molecule has 2 heterocycles. The highest BCUT2D eigenvalue weighted by molar-refractivity contribution is 4.99. The van der Waals surface area contributed by atoms with E-state index in [9.17, 15) is 0 Å². The monoisotopic (exact) mass is 294 g/mol. The lowest BCUT2D eigenvalue weighted by molar-refractivity contribution is -0.0888. The van der Waals surface area contributed by atoms with Gasteiger partial charge in [-0.05, 0) is 45.6 Å². The summed E-state index contributed by atoms with van der Waals surface area (Å²) in [5, 5.41) is 8.03. The van der Waals surface area contributed by atoms with E-state index >= 15 is 0 Å². The first-order valence-electron chi connectivity index (χ1n) is 8.43. The number of hydrogen-bond acceptors (Lipinski definition) is 4. The lowest BCUT2D eigenvalue weighted by Gasteiger charge is -2.41. The highest BCUT2D eigenvalue weighted by Gasteiger charge is 2.37. The first-order chi connectivity index (χ1) is 10.2. The Bertz CT molecular complexity index is 412. The Labute approximate surface area is 128 Å². The van der Waals surface area contributed by atoms with Crippen molar-refractivity contribution < 1.29 is 4.74 Å². The van der Waals surface area contributed by atoms with Crippen molar-refractivity contribution in [3.63, 3.8) is 0 Å². The zero-order chi connectivity index (χ0) is 15.1. The van der Waals surface area contributed by atoms with Gasteiger partial charge in [-0.15, -0.1) is 0 Å². The maximum absolute atomic E-state index is 6.15. The Balaban J connectivity index is 2.09. The summed E-state index contributed by atoms with van der Waals surface area (Å²) in [6.07, 6.45) is 8.33. The van der Waals surface area contributed by atoms with Gasteiger partial charge in [-0.25, -0.2) is 4.98 Å². The van der Waals surface area contributed by atoms with Crippen LogP contribution in [0.4, 0.5) is 0 Å². The molecule has 5 heteroatoms. The van der Waals surface area contributed by atoms with Gasteiger partial charge < -0.3 is 10.1 Å². The van der Waals surface area contributed by atoms with E-state index in [0.717, 1.165) is 51.2 Å². The number of ether oxygens (including phenoxy) is 1. The third-order valence-corrected chi connectivity index (χ3v) is 4.40. The summed E-state index contributed by atoms with van der Waals surface area (Å²) < 4.78 is 8.19. The summed E-state index contributed by atoms with van der Waals surface area (Å²) in [6.45, 7) is 9.46. The van der Waals surface area contributed by atoms with Gasteiger partial charge in [-0.3, -0.25) is 4.68 Å². The van der Waals surface area contributed by atoms with E-state index < -0.39 is 0 Å². The number of nitrogens with zero attached hydrogens (tertiary/aromatic N) is 3. The van der Waals surface area contributed by atoms with Gasteiger partial charge >= 0.3 is 0 Å². The molecular weight excluding hydrogens is 264 g/mol. The Kier molecular flexibility index (Phi) is 6.18. The van der Waals surface area contributed by atoms with E-state index in [-0.39, 0.29) is 5.60 Å². The van der Waals surface area contributed by atoms with Crippen molar-refractivity contribution in [1.29, 1.82) is 0 Å². The molecule has 2 unspecified atom stereocenters. The number of aryl methyl sites for hydroxylation is 1. The minimum Gasteiger partial charge on any atom is -0.374 e. The van der Waals surface area contributed by atoms with Crippen molar-refractivity contribution in [2.75, 3.05) is 13.2 Å². The molecule has 120 valence electrons. The summed E-state index contributed by atoms with van der Waals surface area (Å²) in [7, 11) is 0. The average Bonchev–Trinajstić information content (AvgIpc) is 2.92. The fraction of sp³-hybridized carbons (Fsp3) is 0.875. The van der Waals surface area contributed by atoms with Gasteiger partial charge in [-0.2, -0.15) is 5.10 Å². The third kappa shape index (κ3) is 4.27. The zero-order valence-electron chi connectivity index (χ0n) is 13.8. The zero-order valence-corrected chi connectivity index (χ0v) is 13.8. The lowest BCUT2D eigenvalue weighted by atomic mass is 9.86. The van der Waals surface area contributed by atoms with Gasteiger partial charge in [0.2, 0.25) is 0 Å². The number of nitrogens with one attached hydrogen (secondary N) is 1. The van der Waals surface area contributed by atoms with Crippen LogP contribution in [0.2, 0.25) is 0 Å². The molecule has 0 aromatic carbocycles. The highest BCUT2D eigenvalue weighted by atomic mass is 16.5. The maximum Gasteiger partial charge on any atom is 0.138 e. The first kappa shape index (κ1) is 16.4. The summed E-state index contributed by atoms with van der Waals surface area (Å²) in [6, 6.07) is 0.303. The van der Waals surface area contributed by atoms with Crippen LogP contribution in [0.1, 0.15) is 58.7 Å². The second-order valence-corrected chi connectivity index (χ2v) is 6.23. The molecule has 1 aromatic heterocycles. The minimum atomic E-state index is -0.0869. The van der Waals surface area contributed by atoms with Crippen molar-refractivity contribution in [1.82, 2.24) is 20.1 Å². The molecule has 0 spiro atoms. The molecule has 2 atom stereocenters. The minimum absolute atomic E-state index is 0.0869. The molecule has 0 aliphatic carbocycles. The fourth-order valence-corrected chi connectivity index (χ4v) is 3.08. The number of aromatic nitrogens is 3. The van der Waals surface area contributed by atoms with Gasteiger partial charge in [0.05, 0.1) is 5.60 Å². The lowest BCUT2D eigenvalue weighted by Crippen LogP contribution is -2.53. The SMILES string of the molecule is CCCNC(Cc1ncnn1CCC)C1(C)CCCCO1. The van der Waals surface area contributed by atoms with Crippen molar-refractivity contribution in [2.45, 2.75) is 77.5 Å². The number of rotatable bonds is 8. The molecule has 0 saturated carbocycles. The van der Waals surface area contributed by atoms with Crippen molar-refractivity contribution in [2.24, 2.45) is 0 Å². The predicted octanol–water partition coefficient (Wildman–Crippen LogP) is 2.56. The molecule has 21 heavy (non-hydrogen) atoms. The maximum atomic E-state index is 6.15. The summed E-state index contributed by atoms with van der Waals surface area (Å²) in [4.78, 5) is 4.46. The van der Waals surface area contributed by atoms with Gasteiger partial charge in [0, 0.05) is 25.6 Å². The molecule has 1 aliphatic heterocycles. The molecule has 1 fully saturated rings. The van der Waals surface area contributed by atoms with Crippen LogP contribution in [-0.2, 0) is 17.7 Å². The second-order valence-electron chi connectivity index (χ2n) is 6.23. The van der Waals surface area contributed by atoms with Gasteiger partial charge in [0.25, 0.3) is 0 Å². The molecule has 0 radical (unpaired) electrons. The van der Waals surface area contributed by atoms with Crippen molar-refractivity contribution in [3.05, 3.63) is 12.2 Å². The van der Waals surface area contributed by atoms with Crippen LogP contribution in [0, 0.1) is 0 Å². The van der Waals surface area contributed by atoms with E-state index in [4.69, 9.17) is 4.74 Å². The van der Waals surface area contributed by atoms with E-state index in [2.05, 4.69) is 36.2 Å². The predicted molar refractivity (Wildman–Crippen MR) is 84.3 cm³/mol. The van der Waals surface area contributed by atoms with E-state index in [0.29, 0.717) is 6.04 Å². The van der Waals surface area contributed by atoms with E-state index in [1.165, 1.54) is 12.8 Å². The molecule has 2 rings (SSSR count). The average molecular weight is 294 g/mol. The van der Waals surface area contributed by atoms with Crippen molar-refractivity contribution in [3.8, 4) is 0 Å². The topological polar surface area (TPSA) is 52.0 Å². The molecule has 0 bridgehead atoms. The fourth-order valence-electron chi connectivity index (χ4n) is 3.08. The third-order valence-electron chi connectivity index (χ3n) is 4.40. The molecular formula is C16H30N4O. The van der Waals surface area contributed by atoms with Crippen LogP contribution in [0.15, 0.2) is 6.33 Å². The molecule has 5 nitrogen and oxygen atoms in total. The quantitative estimate of drug-likeness (QED) is 0.800. The van der Waals surface area contributed by atoms with E-state index in [1.54, 1.807) is 6.33 Å². The molecule has 1 saturated heterocycles. The Morgan fingerprint density at radius 1 is 1.38 bits per heavy atom. The van der Waals surface area contributed by atoms with Crippen molar-refractivity contribution >= 4 is 0 Å². The smallest absolute Gasteiger partial charge is 0.138 e. The molecule has 1 aliphatic rings. The van der Waals surface area contributed by atoms with Crippen LogP contribution in [0.25, 0.3) is 0 Å². The summed E-state index contributed by atoms with van der Waals surface area (Å²) in [5.41, 5.74) is -0.0869. The van der Waals surface area contributed by atoms with Gasteiger partial charge in [0.1, 0.15) is 12.2 Å². The van der Waals surface area contributed by atoms with Gasteiger partial charge in [0.15, 0.2) is 0 Å². The van der Waals surface area contributed by atoms with E-state index in [1.807, 2.05) is 4.68 Å². The standard InChI is InChI=1S/C16H30N4O/c1-4-9-17-14(16(3)8-6-7-11-21-16)12-15-18-13-19-20(15)10-5-2/h13-14,17H,4-12H2,1-3H3. The summed E-state index contributed by atoms with van der Waals surface area (Å²) >= 11 is 0. The summed E-state index contributed by atoms with van der Waals surface area (Å²) in [5.74, 6) is 1.07. The van der Waals surface area contributed by atoms with Crippen LogP contribution in [-0.4, -0.2) is 39.6 Å². The highest BCUT2D eigenvalue weighted by Crippen LogP contribution is 2.29. The molecule has 1 aromatic rings. The van der Waals surface area contributed by atoms with Gasteiger partial charge in [-0.1, -0.05) is 13.8 Å². The van der Waals surface area contributed by atoms with Crippen LogP contribution in [0.5, 0.6) is 0 Å². The van der Waals surface area contributed by atoms with Crippen LogP contribution in [0.3, 0.4) is 0 Å². The van der Waals surface area contributed by atoms with Crippen LogP contribution < -0.4 is 5.32 Å².